The molecule has 0 aliphatic heterocycles. The highest BCUT2D eigenvalue weighted by Gasteiger charge is 2.36. The van der Waals surface area contributed by atoms with Crippen LogP contribution in [0.25, 0.3) is 10.9 Å². The Morgan fingerprint density at radius 2 is 2.07 bits per heavy atom. The van der Waals surface area contributed by atoms with E-state index < -0.39 is 0 Å². The molecule has 1 aliphatic rings. The number of methoxy groups -OCH3 is 1. The highest BCUT2D eigenvalue weighted by molar-refractivity contribution is 5.98. The fourth-order valence-corrected chi connectivity index (χ4v) is 3.50. The summed E-state index contributed by atoms with van der Waals surface area (Å²) in [6, 6.07) is 11.6. The molecule has 0 spiro atoms. The third-order valence-corrected chi connectivity index (χ3v) is 5.34. The molecule has 140 valence electrons. The number of rotatable bonds is 5. The molecule has 5 heteroatoms. The zero-order chi connectivity index (χ0) is 19.1. The summed E-state index contributed by atoms with van der Waals surface area (Å²) in [4.78, 5) is 19.2. The average Bonchev–Trinajstić information content (AvgIpc) is 3.21. The van der Waals surface area contributed by atoms with E-state index in [-0.39, 0.29) is 5.91 Å². The first-order valence-corrected chi connectivity index (χ1v) is 9.25. The third kappa shape index (κ3) is 3.42. The van der Waals surface area contributed by atoms with Gasteiger partial charge >= 0.3 is 0 Å². The first-order chi connectivity index (χ1) is 13.0. The number of hydrogen-bond donors (Lipinski definition) is 0. The van der Waals surface area contributed by atoms with Gasteiger partial charge in [0.25, 0.3) is 5.91 Å². The number of carbonyl (C=O) groups excluding carboxylic acids is 1. The number of nitrogens with zero attached hydrogens (tertiary/aromatic N) is 2. The maximum atomic E-state index is 13.0. The van der Waals surface area contributed by atoms with Crippen LogP contribution >= 0.6 is 0 Å². The number of furan rings is 1. The van der Waals surface area contributed by atoms with E-state index in [0.29, 0.717) is 29.6 Å². The summed E-state index contributed by atoms with van der Waals surface area (Å²) >= 11 is 0. The van der Waals surface area contributed by atoms with Gasteiger partial charge in [0.2, 0.25) is 0 Å². The lowest BCUT2D eigenvalue weighted by atomic mass is 10.1. The van der Waals surface area contributed by atoms with Gasteiger partial charge in [-0.3, -0.25) is 9.78 Å². The normalized spacial score (nSPS) is 18.5. The van der Waals surface area contributed by atoms with E-state index in [1.807, 2.05) is 43.3 Å². The summed E-state index contributed by atoms with van der Waals surface area (Å²) in [6.45, 7) is 4.53. The molecule has 1 amide bonds. The molecule has 0 radical (unpaired) electrons. The van der Waals surface area contributed by atoms with Crippen LogP contribution in [0, 0.1) is 12.8 Å². The Balaban J connectivity index is 1.54. The number of aryl methyl sites for hydroxylation is 1. The quantitative estimate of drug-likeness (QED) is 0.667. The van der Waals surface area contributed by atoms with Crippen LogP contribution in [0.15, 0.2) is 40.8 Å². The Hall–Kier alpha value is -2.82. The van der Waals surface area contributed by atoms with Crippen molar-refractivity contribution in [1.82, 2.24) is 9.88 Å². The van der Waals surface area contributed by atoms with Crippen LogP contribution in [0.3, 0.4) is 0 Å². The van der Waals surface area contributed by atoms with E-state index in [1.165, 1.54) is 6.42 Å². The number of pyridine rings is 1. The lowest BCUT2D eigenvalue weighted by molar-refractivity contribution is 0.0774. The van der Waals surface area contributed by atoms with Crippen molar-refractivity contribution in [3.63, 3.8) is 0 Å². The molecule has 5 nitrogen and oxygen atoms in total. The molecular formula is C22H24N2O3. The van der Waals surface area contributed by atoms with Crippen molar-refractivity contribution < 1.29 is 13.9 Å². The largest absolute Gasteiger partial charge is 0.497 e. The van der Waals surface area contributed by atoms with E-state index in [4.69, 9.17) is 9.15 Å². The van der Waals surface area contributed by atoms with Crippen molar-refractivity contribution in [2.45, 2.75) is 32.7 Å². The van der Waals surface area contributed by atoms with E-state index in [0.717, 1.165) is 28.2 Å². The van der Waals surface area contributed by atoms with Crippen molar-refractivity contribution in [3.05, 3.63) is 59.2 Å². The van der Waals surface area contributed by atoms with Gasteiger partial charge in [0.15, 0.2) is 0 Å². The first-order valence-electron chi connectivity index (χ1n) is 9.25. The molecule has 0 saturated heterocycles. The number of aromatic nitrogens is 1. The number of ether oxygens (including phenoxy) is 1. The molecule has 1 saturated carbocycles. The van der Waals surface area contributed by atoms with Crippen molar-refractivity contribution >= 4 is 16.8 Å². The first kappa shape index (κ1) is 17.6. The third-order valence-electron chi connectivity index (χ3n) is 5.34. The Morgan fingerprint density at radius 1 is 1.30 bits per heavy atom. The molecule has 3 aromatic rings. The average molecular weight is 364 g/mol. The molecule has 27 heavy (non-hydrogen) atoms. The van der Waals surface area contributed by atoms with Gasteiger partial charge in [-0.2, -0.15) is 0 Å². The summed E-state index contributed by atoms with van der Waals surface area (Å²) in [6.07, 6.45) is 1.19. The van der Waals surface area contributed by atoms with Crippen LogP contribution in [-0.2, 0) is 6.54 Å². The predicted molar refractivity (Wildman–Crippen MR) is 104 cm³/mol. The lowest BCUT2D eigenvalue weighted by Crippen LogP contribution is -2.27. The lowest BCUT2D eigenvalue weighted by Gasteiger charge is -2.17. The van der Waals surface area contributed by atoms with Crippen LogP contribution in [0.1, 0.15) is 46.8 Å². The van der Waals surface area contributed by atoms with E-state index in [9.17, 15) is 4.79 Å². The van der Waals surface area contributed by atoms with Crippen molar-refractivity contribution in [3.8, 4) is 5.75 Å². The molecule has 1 aromatic carbocycles. The smallest absolute Gasteiger partial charge is 0.255 e. The molecular weight excluding hydrogens is 340 g/mol. The van der Waals surface area contributed by atoms with Crippen LogP contribution in [-0.4, -0.2) is 29.9 Å². The monoisotopic (exact) mass is 364 g/mol. The number of fused-ring (bicyclic) bond motifs is 1. The fourth-order valence-electron chi connectivity index (χ4n) is 3.50. The van der Waals surface area contributed by atoms with Crippen molar-refractivity contribution in [2.24, 2.45) is 5.92 Å². The molecule has 2 aromatic heterocycles. The van der Waals surface area contributed by atoms with Gasteiger partial charge in [0.05, 0.1) is 30.4 Å². The van der Waals surface area contributed by atoms with Crippen LogP contribution in [0.4, 0.5) is 0 Å². The van der Waals surface area contributed by atoms with E-state index in [2.05, 4.69) is 11.9 Å². The fraction of sp³-hybridized carbons (Fsp3) is 0.364. The van der Waals surface area contributed by atoms with Gasteiger partial charge < -0.3 is 14.1 Å². The molecule has 4 rings (SSSR count). The molecule has 0 unspecified atom stereocenters. The van der Waals surface area contributed by atoms with Crippen LogP contribution in [0.2, 0.25) is 0 Å². The minimum atomic E-state index is -0.0598. The summed E-state index contributed by atoms with van der Waals surface area (Å²) < 4.78 is 11.2. The number of amides is 1. The summed E-state index contributed by atoms with van der Waals surface area (Å²) in [5, 5.41) is 0.918. The summed E-state index contributed by atoms with van der Waals surface area (Å²) in [7, 11) is 3.42. The second-order valence-corrected chi connectivity index (χ2v) is 7.46. The number of hydrogen-bond acceptors (Lipinski definition) is 4. The Labute approximate surface area is 158 Å². The second kappa shape index (κ2) is 6.72. The van der Waals surface area contributed by atoms with Gasteiger partial charge in [0.1, 0.15) is 17.3 Å². The summed E-state index contributed by atoms with van der Waals surface area (Å²) in [5.41, 5.74) is 2.14. The minimum Gasteiger partial charge on any atom is -0.497 e. The van der Waals surface area contributed by atoms with Crippen molar-refractivity contribution in [2.75, 3.05) is 14.2 Å². The predicted octanol–water partition coefficient (Wildman–Crippen LogP) is 4.54. The van der Waals surface area contributed by atoms with Gasteiger partial charge in [-0.05, 0) is 49.6 Å². The van der Waals surface area contributed by atoms with E-state index in [1.54, 1.807) is 19.1 Å². The number of benzene rings is 1. The number of carbonyl (C=O) groups is 1. The molecule has 1 aliphatic carbocycles. The molecule has 0 N–H and O–H groups in total. The van der Waals surface area contributed by atoms with Gasteiger partial charge in [-0.25, -0.2) is 0 Å². The van der Waals surface area contributed by atoms with Gasteiger partial charge in [0, 0.05) is 24.4 Å². The van der Waals surface area contributed by atoms with Crippen molar-refractivity contribution in [1.29, 1.82) is 0 Å². The highest BCUT2D eigenvalue weighted by Crippen LogP contribution is 2.47. The minimum absolute atomic E-state index is 0.0598. The molecule has 2 atom stereocenters. The topological polar surface area (TPSA) is 55.6 Å². The zero-order valence-corrected chi connectivity index (χ0v) is 16.2. The Morgan fingerprint density at radius 3 is 2.78 bits per heavy atom. The van der Waals surface area contributed by atoms with E-state index >= 15 is 0 Å². The maximum absolute atomic E-state index is 13.0. The summed E-state index contributed by atoms with van der Waals surface area (Å²) in [5.74, 6) is 3.79. The Kier molecular flexibility index (Phi) is 4.38. The molecule has 0 bridgehead atoms. The SMILES string of the molecule is COc1ccc2cc(C(=O)N(C)Cc3ccc([C@@H]4C[C@@H]4C)o3)c(C)nc2c1. The Bertz CT molecular complexity index is 1010. The highest BCUT2D eigenvalue weighted by atomic mass is 16.5. The molecule has 1 fully saturated rings. The standard InChI is InChI=1S/C22H24N2O3/c1-13-9-18(13)21-8-7-17(27-21)12-24(3)22(25)19-10-15-5-6-16(26-4)11-20(15)23-14(19)2/h5-8,10-11,13,18H,9,12H2,1-4H3/t13-,18+/m0/s1. The zero-order valence-electron chi connectivity index (χ0n) is 16.2. The second-order valence-electron chi connectivity index (χ2n) is 7.46. The van der Waals surface area contributed by atoms with Crippen LogP contribution < -0.4 is 4.74 Å². The molecule has 2 heterocycles. The van der Waals surface area contributed by atoms with Crippen LogP contribution in [0.5, 0.6) is 5.75 Å². The van der Waals surface area contributed by atoms with Gasteiger partial charge in [-0.15, -0.1) is 0 Å². The maximum Gasteiger partial charge on any atom is 0.255 e. The van der Waals surface area contributed by atoms with Gasteiger partial charge in [-0.1, -0.05) is 6.92 Å².